The van der Waals surface area contributed by atoms with E-state index in [1.807, 2.05) is 0 Å². The number of alkyl halides is 3. The number of rotatable bonds is 7. The van der Waals surface area contributed by atoms with Crippen LogP contribution in [0, 0.1) is 6.92 Å². The SMILES string of the molecule is CCN(CC(=O)Nc1cccc(OC)c1)C(=O)c1nn(-c2cccc(C(F)(F)F)c2)c(C)cc1=O. The Morgan fingerprint density at radius 2 is 1.83 bits per heavy atom. The van der Waals surface area contributed by atoms with Gasteiger partial charge in [0.05, 0.1) is 18.4 Å². The Morgan fingerprint density at radius 3 is 2.49 bits per heavy atom. The maximum absolute atomic E-state index is 13.1. The molecular weight excluding hydrogens is 465 g/mol. The first-order chi connectivity index (χ1) is 16.5. The van der Waals surface area contributed by atoms with E-state index >= 15 is 0 Å². The van der Waals surface area contributed by atoms with Crippen LogP contribution >= 0.6 is 0 Å². The van der Waals surface area contributed by atoms with Gasteiger partial charge in [0.2, 0.25) is 11.3 Å². The Morgan fingerprint density at radius 1 is 1.11 bits per heavy atom. The Balaban J connectivity index is 1.87. The van der Waals surface area contributed by atoms with Gasteiger partial charge in [-0.2, -0.15) is 18.3 Å². The van der Waals surface area contributed by atoms with Gasteiger partial charge in [-0.1, -0.05) is 12.1 Å². The predicted octanol–water partition coefficient (Wildman–Crippen LogP) is 3.67. The van der Waals surface area contributed by atoms with Gasteiger partial charge < -0.3 is 15.0 Å². The molecule has 8 nitrogen and oxygen atoms in total. The molecule has 11 heteroatoms. The van der Waals surface area contributed by atoms with Crippen LogP contribution in [-0.2, 0) is 11.0 Å². The highest BCUT2D eigenvalue weighted by Crippen LogP contribution is 2.30. The lowest BCUT2D eigenvalue weighted by molar-refractivity contribution is -0.137. The third-order valence-electron chi connectivity index (χ3n) is 5.08. The van der Waals surface area contributed by atoms with Crippen molar-refractivity contribution >= 4 is 17.5 Å². The number of benzene rings is 2. The van der Waals surface area contributed by atoms with Gasteiger partial charge >= 0.3 is 6.18 Å². The number of nitrogens with zero attached hydrogens (tertiary/aromatic N) is 3. The summed E-state index contributed by atoms with van der Waals surface area (Å²) in [5.74, 6) is -0.803. The topological polar surface area (TPSA) is 93.5 Å². The number of carbonyl (C=O) groups is 2. The highest BCUT2D eigenvalue weighted by Gasteiger charge is 2.31. The molecule has 0 spiro atoms. The molecule has 1 N–H and O–H groups in total. The zero-order valence-corrected chi connectivity index (χ0v) is 19.2. The molecule has 0 saturated heterocycles. The molecular formula is C24H23F3N4O4. The third-order valence-corrected chi connectivity index (χ3v) is 5.08. The van der Waals surface area contributed by atoms with E-state index < -0.39 is 34.7 Å². The standard InChI is InChI=1S/C24H23F3N4O4/c1-4-30(14-21(33)28-17-8-6-10-19(13-17)35-3)23(34)22-20(32)11-15(2)31(29-22)18-9-5-7-16(12-18)24(25,26)27/h5-13H,4,14H2,1-3H3,(H,28,33). The second-order valence-electron chi connectivity index (χ2n) is 7.56. The molecule has 184 valence electrons. The Labute approximate surface area is 198 Å². The second kappa shape index (κ2) is 10.4. The second-order valence-corrected chi connectivity index (χ2v) is 7.56. The number of hydrogen-bond donors (Lipinski definition) is 1. The van der Waals surface area contributed by atoms with E-state index in [9.17, 15) is 27.6 Å². The number of ether oxygens (including phenoxy) is 1. The molecule has 0 unspecified atom stereocenters. The minimum absolute atomic E-state index is 0.0326. The summed E-state index contributed by atoms with van der Waals surface area (Å²) in [4.78, 5) is 39.3. The van der Waals surface area contributed by atoms with Gasteiger partial charge in [-0.25, -0.2) is 4.68 Å². The van der Waals surface area contributed by atoms with Crippen LogP contribution in [0.5, 0.6) is 5.75 Å². The van der Waals surface area contributed by atoms with Crippen molar-refractivity contribution in [3.63, 3.8) is 0 Å². The van der Waals surface area contributed by atoms with Crippen molar-refractivity contribution in [2.75, 3.05) is 25.5 Å². The fourth-order valence-corrected chi connectivity index (χ4v) is 3.32. The van der Waals surface area contributed by atoms with Crippen molar-refractivity contribution in [2.24, 2.45) is 0 Å². The molecule has 35 heavy (non-hydrogen) atoms. The van der Waals surface area contributed by atoms with Crippen LogP contribution in [0.25, 0.3) is 5.69 Å². The van der Waals surface area contributed by atoms with Crippen molar-refractivity contribution in [1.29, 1.82) is 0 Å². The number of methoxy groups -OCH3 is 1. The molecule has 3 aromatic rings. The Hall–Kier alpha value is -4.15. The van der Waals surface area contributed by atoms with Crippen LogP contribution in [0.15, 0.2) is 59.4 Å². The maximum atomic E-state index is 13.1. The number of likely N-dealkylation sites (N-methyl/N-ethyl adjacent to an activating group) is 1. The average Bonchev–Trinajstić information content (AvgIpc) is 2.82. The number of hydrogen-bond acceptors (Lipinski definition) is 5. The molecule has 0 fully saturated rings. The van der Waals surface area contributed by atoms with E-state index in [1.165, 1.54) is 26.2 Å². The van der Waals surface area contributed by atoms with E-state index in [0.717, 1.165) is 27.8 Å². The zero-order valence-electron chi connectivity index (χ0n) is 19.2. The molecule has 0 aliphatic rings. The first-order valence-corrected chi connectivity index (χ1v) is 10.5. The normalized spacial score (nSPS) is 11.1. The minimum atomic E-state index is -4.57. The van der Waals surface area contributed by atoms with Gasteiger partial charge in [0.25, 0.3) is 5.91 Å². The van der Waals surface area contributed by atoms with Gasteiger partial charge in [0.15, 0.2) is 5.69 Å². The van der Waals surface area contributed by atoms with Gasteiger partial charge in [-0.3, -0.25) is 14.4 Å². The van der Waals surface area contributed by atoms with Crippen LogP contribution in [0.1, 0.15) is 28.7 Å². The van der Waals surface area contributed by atoms with Crippen LogP contribution in [-0.4, -0.2) is 46.7 Å². The lowest BCUT2D eigenvalue weighted by Crippen LogP contribution is -2.41. The number of nitrogens with one attached hydrogen (secondary N) is 1. The lowest BCUT2D eigenvalue weighted by atomic mass is 10.2. The predicted molar refractivity (Wildman–Crippen MR) is 123 cm³/mol. The van der Waals surface area contributed by atoms with E-state index in [1.54, 1.807) is 31.2 Å². The van der Waals surface area contributed by atoms with Gasteiger partial charge in [-0.05, 0) is 44.2 Å². The summed E-state index contributed by atoms with van der Waals surface area (Å²) >= 11 is 0. The van der Waals surface area contributed by atoms with Crippen LogP contribution in [0.3, 0.4) is 0 Å². The van der Waals surface area contributed by atoms with Crippen molar-refractivity contribution in [3.8, 4) is 11.4 Å². The molecule has 1 heterocycles. The zero-order chi connectivity index (χ0) is 25.8. The summed E-state index contributed by atoms with van der Waals surface area (Å²) in [5.41, 5.74) is -1.38. The molecule has 3 rings (SSSR count). The first-order valence-electron chi connectivity index (χ1n) is 10.5. The van der Waals surface area contributed by atoms with E-state index in [4.69, 9.17) is 4.74 Å². The number of aryl methyl sites for hydroxylation is 1. The Kier molecular flexibility index (Phi) is 7.58. The van der Waals surface area contributed by atoms with E-state index in [2.05, 4.69) is 10.4 Å². The fraction of sp³-hybridized carbons (Fsp3) is 0.250. The number of aromatic nitrogens is 2. The smallest absolute Gasteiger partial charge is 0.416 e. The fourth-order valence-electron chi connectivity index (χ4n) is 3.32. The highest BCUT2D eigenvalue weighted by atomic mass is 19.4. The van der Waals surface area contributed by atoms with Crippen LogP contribution in [0.4, 0.5) is 18.9 Å². The molecule has 0 aliphatic carbocycles. The molecule has 0 saturated carbocycles. The summed E-state index contributed by atoms with van der Waals surface area (Å²) in [6.07, 6.45) is -4.57. The summed E-state index contributed by atoms with van der Waals surface area (Å²) < 4.78 is 45.6. The van der Waals surface area contributed by atoms with Crippen molar-refractivity contribution in [3.05, 3.63) is 81.8 Å². The maximum Gasteiger partial charge on any atom is 0.416 e. The van der Waals surface area contributed by atoms with Crippen molar-refractivity contribution in [1.82, 2.24) is 14.7 Å². The summed E-state index contributed by atoms with van der Waals surface area (Å²) in [5, 5.41) is 6.69. The summed E-state index contributed by atoms with van der Waals surface area (Å²) in [6.45, 7) is 2.83. The van der Waals surface area contributed by atoms with Gasteiger partial charge in [0.1, 0.15) is 12.3 Å². The average molecular weight is 488 g/mol. The molecule has 2 amide bonds. The molecule has 0 radical (unpaired) electrons. The molecule has 2 aromatic carbocycles. The molecule has 0 aliphatic heterocycles. The Bertz CT molecular complexity index is 1300. The highest BCUT2D eigenvalue weighted by molar-refractivity contribution is 5.98. The molecule has 1 aromatic heterocycles. The molecule has 0 bridgehead atoms. The monoisotopic (exact) mass is 488 g/mol. The van der Waals surface area contributed by atoms with Gasteiger partial charge in [-0.15, -0.1) is 0 Å². The number of carbonyl (C=O) groups excluding carboxylic acids is 2. The first kappa shape index (κ1) is 25.5. The number of amides is 2. The van der Waals surface area contributed by atoms with E-state index in [-0.39, 0.29) is 24.5 Å². The van der Waals surface area contributed by atoms with Gasteiger partial charge in [0, 0.05) is 30.1 Å². The molecule has 0 atom stereocenters. The van der Waals surface area contributed by atoms with E-state index in [0.29, 0.717) is 11.4 Å². The third kappa shape index (κ3) is 6.05. The minimum Gasteiger partial charge on any atom is -0.497 e. The van der Waals surface area contributed by atoms with Crippen LogP contribution in [0.2, 0.25) is 0 Å². The van der Waals surface area contributed by atoms with Crippen LogP contribution < -0.4 is 15.5 Å². The number of anilines is 1. The largest absolute Gasteiger partial charge is 0.497 e. The summed E-state index contributed by atoms with van der Waals surface area (Å²) in [7, 11) is 1.49. The summed E-state index contributed by atoms with van der Waals surface area (Å²) in [6, 6.07) is 12.1. The quantitative estimate of drug-likeness (QED) is 0.548. The number of halogens is 3. The van der Waals surface area contributed by atoms with Crippen molar-refractivity contribution in [2.45, 2.75) is 20.0 Å². The lowest BCUT2D eigenvalue weighted by Gasteiger charge is -2.20. The van der Waals surface area contributed by atoms with Crippen molar-refractivity contribution < 1.29 is 27.5 Å².